The third-order valence-electron chi connectivity index (χ3n) is 2.45. The van der Waals surface area contributed by atoms with Crippen LogP contribution in [-0.2, 0) is 14.8 Å². The van der Waals surface area contributed by atoms with Gasteiger partial charge in [0.1, 0.15) is 5.75 Å². The lowest BCUT2D eigenvalue weighted by Crippen LogP contribution is -2.27. The fourth-order valence-corrected chi connectivity index (χ4v) is 2.46. The molecule has 0 aromatic heterocycles. The number of rotatable bonds is 10. The summed E-state index contributed by atoms with van der Waals surface area (Å²) >= 11 is 0. The predicted molar refractivity (Wildman–Crippen MR) is 75.3 cm³/mol. The van der Waals surface area contributed by atoms with Crippen molar-refractivity contribution in [1.82, 2.24) is 4.72 Å². The first-order valence-electron chi connectivity index (χ1n) is 6.51. The Hall–Kier alpha value is -1.15. The average Bonchev–Trinajstić information content (AvgIpc) is 2.45. The van der Waals surface area contributed by atoms with Crippen LogP contribution in [0.5, 0.6) is 5.75 Å². The van der Waals surface area contributed by atoms with Gasteiger partial charge in [-0.15, -0.1) is 0 Å². The minimum absolute atomic E-state index is 0.0657. The normalized spacial score (nSPS) is 11.5. The summed E-state index contributed by atoms with van der Waals surface area (Å²) in [5, 5.41) is 8.64. The van der Waals surface area contributed by atoms with Crippen LogP contribution in [0.2, 0.25) is 0 Å². The highest BCUT2D eigenvalue weighted by molar-refractivity contribution is 7.89. The smallest absolute Gasteiger partial charge is 0.240 e. The molecule has 0 aliphatic heterocycles. The Balaban J connectivity index is 2.53. The first-order chi connectivity index (χ1) is 9.60. The molecule has 20 heavy (non-hydrogen) atoms. The van der Waals surface area contributed by atoms with Gasteiger partial charge < -0.3 is 14.6 Å². The topological polar surface area (TPSA) is 84.9 Å². The molecule has 6 nitrogen and oxygen atoms in total. The molecule has 7 heteroatoms. The molecule has 0 radical (unpaired) electrons. The van der Waals surface area contributed by atoms with Crippen molar-refractivity contribution in [3.63, 3.8) is 0 Å². The highest BCUT2D eigenvalue weighted by atomic mass is 32.2. The fourth-order valence-electron chi connectivity index (χ4n) is 1.45. The second-order valence-electron chi connectivity index (χ2n) is 3.99. The number of hydrogen-bond acceptors (Lipinski definition) is 5. The quantitative estimate of drug-likeness (QED) is 0.623. The molecule has 1 aromatic carbocycles. The zero-order valence-electron chi connectivity index (χ0n) is 11.5. The summed E-state index contributed by atoms with van der Waals surface area (Å²) in [5.74, 6) is 0.576. The van der Waals surface area contributed by atoms with Gasteiger partial charge in [-0.2, -0.15) is 0 Å². The van der Waals surface area contributed by atoms with E-state index in [0.29, 0.717) is 32.0 Å². The van der Waals surface area contributed by atoms with Crippen LogP contribution in [-0.4, -0.2) is 46.5 Å². The molecule has 0 aliphatic carbocycles. The molecule has 0 spiro atoms. The Morgan fingerprint density at radius 1 is 1.20 bits per heavy atom. The van der Waals surface area contributed by atoms with Crippen molar-refractivity contribution in [3.05, 3.63) is 24.3 Å². The van der Waals surface area contributed by atoms with Crippen LogP contribution in [0.4, 0.5) is 0 Å². The van der Waals surface area contributed by atoms with E-state index in [2.05, 4.69) is 4.72 Å². The van der Waals surface area contributed by atoms with Gasteiger partial charge in [-0.3, -0.25) is 0 Å². The number of aliphatic hydroxyl groups excluding tert-OH is 1. The van der Waals surface area contributed by atoms with Gasteiger partial charge in [-0.1, -0.05) is 0 Å². The zero-order chi connectivity index (χ0) is 14.8. The molecule has 0 amide bonds. The molecule has 2 N–H and O–H groups in total. The van der Waals surface area contributed by atoms with Gasteiger partial charge in [0.2, 0.25) is 10.0 Å². The molecule has 0 saturated heterocycles. The third kappa shape index (κ3) is 5.87. The van der Waals surface area contributed by atoms with Gasteiger partial charge in [-0.25, -0.2) is 13.1 Å². The SMILES string of the molecule is CCOCCNS(=O)(=O)c1ccc(OCCCO)cc1. The summed E-state index contributed by atoms with van der Waals surface area (Å²) in [6.45, 7) is 3.46. The second kappa shape index (κ2) is 8.91. The first-order valence-corrected chi connectivity index (χ1v) is 7.99. The first kappa shape index (κ1) is 16.9. The van der Waals surface area contributed by atoms with E-state index < -0.39 is 10.0 Å². The largest absolute Gasteiger partial charge is 0.494 e. The van der Waals surface area contributed by atoms with E-state index in [4.69, 9.17) is 14.6 Å². The lowest BCUT2D eigenvalue weighted by atomic mass is 10.3. The Morgan fingerprint density at radius 3 is 2.50 bits per heavy atom. The maximum Gasteiger partial charge on any atom is 0.240 e. The molecule has 0 saturated carbocycles. The maximum atomic E-state index is 11.9. The summed E-state index contributed by atoms with van der Waals surface area (Å²) in [6.07, 6.45) is 0.541. The van der Waals surface area contributed by atoms with Crippen LogP contribution in [0, 0.1) is 0 Å². The Kier molecular flexibility index (Phi) is 7.53. The van der Waals surface area contributed by atoms with Crippen LogP contribution in [0.3, 0.4) is 0 Å². The van der Waals surface area contributed by atoms with Crippen molar-refractivity contribution < 1.29 is 23.0 Å². The van der Waals surface area contributed by atoms with E-state index in [9.17, 15) is 8.42 Å². The molecule has 1 rings (SSSR count). The molecule has 0 aliphatic rings. The molecule has 0 fully saturated rings. The second-order valence-corrected chi connectivity index (χ2v) is 5.76. The number of benzene rings is 1. The van der Waals surface area contributed by atoms with Crippen molar-refractivity contribution in [3.8, 4) is 5.75 Å². The van der Waals surface area contributed by atoms with Gasteiger partial charge in [0.15, 0.2) is 0 Å². The van der Waals surface area contributed by atoms with Crippen molar-refractivity contribution >= 4 is 10.0 Å². The highest BCUT2D eigenvalue weighted by Gasteiger charge is 2.12. The van der Waals surface area contributed by atoms with E-state index in [-0.39, 0.29) is 18.0 Å². The Morgan fingerprint density at radius 2 is 1.90 bits per heavy atom. The monoisotopic (exact) mass is 303 g/mol. The van der Waals surface area contributed by atoms with Crippen LogP contribution in [0.15, 0.2) is 29.2 Å². The molecule has 0 bridgehead atoms. The average molecular weight is 303 g/mol. The summed E-state index contributed by atoms with van der Waals surface area (Å²) in [4.78, 5) is 0.184. The highest BCUT2D eigenvalue weighted by Crippen LogP contribution is 2.15. The molecule has 1 aromatic rings. The van der Waals surface area contributed by atoms with E-state index in [1.807, 2.05) is 6.92 Å². The Labute approximate surface area is 119 Å². The third-order valence-corrected chi connectivity index (χ3v) is 3.92. The van der Waals surface area contributed by atoms with E-state index in [0.717, 1.165) is 0 Å². The lowest BCUT2D eigenvalue weighted by Gasteiger charge is -2.08. The summed E-state index contributed by atoms with van der Waals surface area (Å²) in [5.41, 5.74) is 0. The molecule has 0 heterocycles. The van der Waals surface area contributed by atoms with Gasteiger partial charge in [0.05, 0.1) is 18.1 Å². The van der Waals surface area contributed by atoms with Gasteiger partial charge in [0, 0.05) is 26.2 Å². The number of aliphatic hydroxyl groups is 1. The van der Waals surface area contributed by atoms with Gasteiger partial charge >= 0.3 is 0 Å². The summed E-state index contributed by atoms with van der Waals surface area (Å²) in [7, 11) is -3.51. The minimum Gasteiger partial charge on any atom is -0.494 e. The predicted octanol–water partition coefficient (Wildman–Crippen LogP) is 0.763. The molecule has 114 valence electrons. The van der Waals surface area contributed by atoms with Crippen LogP contribution in [0.1, 0.15) is 13.3 Å². The van der Waals surface area contributed by atoms with Crippen LogP contribution in [0.25, 0.3) is 0 Å². The van der Waals surface area contributed by atoms with Crippen LogP contribution >= 0.6 is 0 Å². The Bertz CT molecular complexity index is 472. The van der Waals surface area contributed by atoms with Crippen LogP contribution < -0.4 is 9.46 Å². The number of sulfonamides is 1. The van der Waals surface area contributed by atoms with Gasteiger partial charge in [0.25, 0.3) is 0 Å². The fraction of sp³-hybridized carbons (Fsp3) is 0.538. The van der Waals surface area contributed by atoms with Crippen molar-refractivity contribution in [2.45, 2.75) is 18.2 Å². The van der Waals surface area contributed by atoms with E-state index in [1.54, 1.807) is 12.1 Å². The van der Waals surface area contributed by atoms with Crippen molar-refractivity contribution in [1.29, 1.82) is 0 Å². The minimum atomic E-state index is -3.51. The molecule has 0 unspecified atom stereocenters. The molecular formula is C13H21NO5S. The van der Waals surface area contributed by atoms with Gasteiger partial charge in [-0.05, 0) is 31.2 Å². The number of ether oxygens (including phenoxy) is 2. The van der Waals surface area contributed by atoms with Crippen molar-refractivity contribution in [2.24, 2.45) is 0 Å². The van der Waals surface area contributed by atoms with Crippen molar-refractivity contribution in [2.75, 3.05) is 33.0 Å². The summed E-state index contributed by atoms with van der Waals surface area (Å²) in [6, 6.07) is 6.15. The number of hydrogen-bond donors (Lipinski definition) is 2. The molecule has 0 atom stereocenters. The summed E-state index contributed by atoms with van der Waals surface area (Å²) < 4.78 is 36.7. The molecular weight excluding hydrogens is 282 g/mol. The zero-order valence-corrected chi connectivity index (χ0v) is 12.4. The standard InChI is InChI=1S/C13H21NO5S/c1-2-18-11-8-14-20(16,17)13-6-4-12(5-7-13)19-10-3-9-15/h4-7,14-15H,2-3,8-11H2,1H3. The van der Waals surface area contributed by atoms with E-state index in [1.165, 1.54) is 12.1 Å². The van der Waals surface area contributed by atoms with E-state index >= 15 is 0 Å². The maximum absolute atomic E-state index is 11.9. The lowest BCUT2D eigenvalue weighted by molar-refractivity contribution is 0.153. The number of nitrogens with one attached hydrogen (secondary N) is 1.